The van der Waals surface area contributed by atoms with Crippen LogP contribution in [0.3, 0.4) is 0 Å². The van der Waals surface area contributed by atoms with Gasteiger partial charge in [0.2, 0.25) is 0 Å². The highest BCUT2D eigenvalue weighted by atomic mass is 32.2. The van der Waals surface area contributed by atoms with Crippen molar-refractivity contribution in [1.82, 2.24) is 14.1 Å². The number of hydrogen-bond acceptors (Lipinski definition) is 7. The number of halogens is 2. The predicted molar refractivity (Wildman–Crippen MR) is 99.1 cm³/mol. The number of benzene rings is 1. The molecule has 2 aliphatic rings. The molecule has 0 aliphatic carbocycles. The molecule has 0 radical (unpaired) electrons. The van der Waals surface area contributed by atoms with Crippen molar-refractivity contribution in [3.63, 3.8) is 0 Å². The third kappa shape index (κ3) is 3.68. The molecule has 158 valence electrons. The van der Waals surface area contributed by atoms with Gasteiger partial charge in [-0.3, -0.25) is 4.90 Å². The van der Waals surface area contributed by atoms with Crippen LogP contribution in [-0.2, 0) is 27.8 Å². The summed E-state index contributed by atoms with van der Waals surface area (Å²) in [5.41, 5.74) is 7.75. The Balaban J connectivity index is 1.53. The first-order valence-corrected chi connectivity index (χ1v) is 11.0. The van der Waals surface area contributed by atoms with Gasteiger partial charge in [-0.2, -0.15) is 9.19 Å². The van der Waals surface area contributed by atoms with Gasteiger partial charge < -0.3 is 15.6 Å². The fourth-order valence-electron chi connectivity index (χ4n) is 4.12. The third-order valence-electron chi connectivity index (χ3n) is 5.65. The molecule has 2 aromatic rings. The summed E-state index contributed by atoms with van der Waals surface area (Å²) in [6, 6.07) is 2.09. The molecule has 3 N–H and O–H groups in total. The molecule has 8 nitrogen and oxygen atoms in total. The predicted octanol–water partition coefficient (Wildman–Crippen LogP) is 0.361. The smallest absolute Gasteiger partial charge is 0.250 e. The first-order chi connectivity index (χ1) is 13.7. The standard InChI is InChI=1S/C18H22F2N4O4S/c1-29(26,27)24-6-10-5-23(7-15(10)22-24)16-9-28-18(17(21)13(16)8-25)12-4-11(19)2-3-14(12)20/h2-4,6,13,16-18,25H,5,7-9,21H2,1H3/t13?,16-,17-,18+/m0/s1. The van der Waals surface area contributed by atoms with Gasteiger partial charge in [-0.1, -0.05) is 0 Å². The Labute approximate surface area is 166 Å². The van der Waals surface area contributed by atoms with E-state index in [0.29, 0.717) is 18.8 Å². The second-order valence-electron chi connectivity index (χ2n) is 7.55. The minimum absolute atomic E-state index is 0.0311. The lowest BCUT2D eigenvalue weighted by atomic mass is 9.83. The van der Waals surface area contributed by atoms with E-state index in [1.54, 1.807) is 0 Å². The number of nitrogens with two attached hydrogens (primary N) is 1. The zero-order valence-electron chi connectivity index (χ0n) is 15.7. The average Bonchev–Trinajstić information content (AvgIpc) is 3.22. The molecule has 1 aromatic carbocycles. The molecule has 1 fully saturated rings. The van der Waals surface area contributed by atoms with Crippen LogP contribution in [0.15, 0.2) is 24.4 Å². The van der Waals surface area contributed by atoms with Crippen molar-refractivity contribution in [3.05, 3.63) is 52.9 Å². The molecular formula is C18H22F2N4O4S. The van der Waals surface area contributed by atoms with Crippen molar-refractivity contribution in [3.8, 4) is 0 Å². The molecule has 0 amide bonds. The molecule has 11 heteroatoms. The minimum Gasteiger partial charge on any atom is -0.396 e. The summed E-state index contributed by atoms with van der Waals surface area (Å²) in [5.74, 6) is -1.65. The number of rotatable bonds is 4. The topological polar surface area (TPSA) is 111 Å². The van der Waals surface area contributed by atoms with Crippen LogP contribution in [-0.4, -0.2) is 59.2 Å². The van der Waals surface area contributed by atoms with Crippen LogP contribution in [0.1, 0.15) is 22.9 Å². The summed E-state index contributed by atoms with van der Waals surface area (Å²) < 4.78 is 57.8. The third-order valence-corrected chi connectivity index (χ3v) is 6.52. The molecule has 1 saturated heterocycles. The van der Waals surface area contributed by atoms with Gasteiger partial charge in [0.25, 0.3) is 10.0 Å². The summed E-state index contributed by atoms with van der Waals surface area (Å²) in [5, 5.41) is 14.1. The highest BCUT2D eigenvalue weighted by Gasteiger charge is 2.44. The second kappa shape index (κ2) is 7.40. The van der Waals surface area contributed by atoms with E-state index in [1.165, 1.54) is 6.20 Å². The van der Waals surface area contributed by atoms with E-state index < -0.39 is 39.7 Å². The molecule has 29 heavy (non-hydrogen) atoms. The van der Waals surface area contributed by atoms with E-state index in [1.807, 2.05) is 4.90 Å². The van der Waals surface area contributed by atoms with Crippen molar-refractivity contribution >= 4 is 10.0 Å². The van der Waals surface area contributed by atoms with Crippen molar-refractivity contribution in [2.75, 3.05) is 19.5 Å². The van der Waals surface area contributed by atoms with Gasteiger partial charge >= 0.3 is 0 Å². The van der Waals surface area contributed by atoms with Crippen LogP contribution in [0.5, 0.6) is 0 Å². The monoisotopic (exact) mass is 428 g/mol. The summed E-state index contributed by atoms with van der Waals surface area (Å²) in [6.07, 6.45) is 1.68. The Hall–Kier alpha value is -1.92. The lowest BCUT2D eigenvalue weighted by molar-refractivity contribution is -0.0963. The summed E-state index contributed by atoms with van der Waals surface area (Å²) in [4.78, 5) is 2.00. The molecule has 1 unspecified atom stereocenters. The Morgan fingerprint density at radius 2 is 2.10 bits per heavy atom. The Bertz CT molecular complexity index is 1010. The van der Waals surface area contributed by atoms with Crippen LogP contribution in [0.4, 0.5) is 8.78 Å². The van der Waals surface area contributed by atoms with Gasteiger partial charge in [0, 0.05) is 55.0 Å². The number of aromatic nitrogens is 2. The van der Waals surface area contributed by atoms with Crippen molar-refractivity contribution < 1.29 is 27.0 Å². The number of hydrogen-bond donors (Lipinski definition) is 2. The van der Waals surface area contributed by atoms with Gasteiger partial charge in [-0.15, -0.1) is 0 Å². The van der Waals surface area contributed by atoms with Crippen LogP contribution in [0, 0.1) is 17.6 Å². The van der Waals surface area contributed by atoms with Gasteiger partial charge in [0.1, 0.15) is 17.7 Å². The zero-order chi connectivity index (χ0) is 20.9. The average molecular weight is 428 g/mol. The SMILES string of the molecule is CS(=O)(=O)n1cc2c(n1)CN([C@H]1CO[C@H](c3cc(F)ccc3F)[C@@H](N)C1CO)C2. The van der Waals surface area contributed by atoms with Crippen molar-refractivity contribution in [1.29, 1.82) is 0 Å². The second-order valence-corrected chi connectivity index (χ2v) is 9.39. The molecule has 0 saturated carbocycles. The summed E-state index contributed by atoms with van der Waals surface area (Å²) in [7, 11) is -3.46. The Morgan fingerprint density at radius 1 is 1.34 bits per heavy atom. The maximum atomic E-state index is 14.2. The van der Waals surface area contributed by atoms with E-state index in [9.17, 15) is 22.3 Å². The maximum Gasteiger partial charge on any atom is 0.250 e. The number of aliphatic hydroxyl groups is 1. The first kappa shape index (κ1) is 20.4. The molecular weight excluding hydrogens is 406 g/mol. The Kier molecular flexibility index (Phi) is 5.20. The highest BCUT2D eigenvalue weighted by Crippen LogP contribution is 2.37. The zero-order valence-corrected chi connectivity index (χ0v) is 16.5. The number of nitrogens with zero attached hydrogens (tertiary/aromatic N) is 3. The van der Waals surface area contributed by atoms with Gasteiger partial charge in [-0.05, 0) is 18.2 Å². The van der Waals surface area contributed by atoms with E-state index in [2.05, 4.69) is 5.10 Å². The molecule has 0 spiro atoms. The van der Waals surface area contributed by atoms with Gasteiger partial charge in [0.05, 0.1) is 18.6 Å². The Morgan fingerprint density at radius 3 is 2.76 bits per heavy atom. The van der Waals surface area contributed by atoms with Gasteiger partial charge in [0.15, 0.2) is 0 Å². The van der Waals surface area contributed by atoms with Crippen molar-refractivity contribution in [2.45, 2.75) is 31.3 Å². The summed E-state index contributed by atoms with van der Waals surface area (Å²) >= 11 is 0. The van der Waals surface area contributed by atoms with Gasteiger partial charge in [-0.25, -0.2) is 17.2 Å². The normalized spacial score (nSPS) is 27.9. The molecule has 1 aromatic heterocycles. The quantitative estimate of drug-likeness (QED) is 0.723. The van der Waals surface area contributed by atoms with E-state index in [-0.39, 0.29) is 24.8 Å². The van der Waals surface area contributed by atoms with Crippen LogP contribution in [0.25, 0.3) is 0 Å². The van der Waals surface area contributed by atoms with E-state index >= 15 is 0 Å². The summed E-state index contributed by atoms with van der Waals surface area (Å²) in [6.45, 7) is 0.727. The first-order valence-electron chi connectivity index (χ1n) is 9.14. The molecule has 2 aliphatic heterocycles. The van der Waals surface area contributed by atoms with E-state index in [0.717, 1.165) is 34.1 Å². The number of ether oxygens (including phenoxy) is 1. The number of aliphatic hydroxyl groups excluding tert-OH is 1. The molecule has 4 rings (SSSR count). The molecule has 0 bridgehead atoms. The van der Waals surface area contributed by atoms with Crippen LogP contribution >= 0.6 is 0 Å². The minimum atomic E-state index is -3.46. The fraction of sp³-hybridized carbons (Fsp3) is 0.500. The maximum absolute atomic E-state index is 14.2. The van der Waals surface area contributed by atoms with Crippen LogP contribution < -0.4 is 5.73 Å². The largest absolute Gasteiger partial charge is 0.396 e. The highest BCUT2D eigenvalue weighted by molar-refractivity contribution is 7.89. The lowest BCUT2D eigenvalue weighted by Gasteiger charge is -2.44. The fourth-order valence-corrected chi connectivity index (χ4v) is 4.69. The molecule has 3 heterocycles. The van der Waals surface area contributed by atoms with Crippen LogP contribution in [0.2, 0.25) is 0 Å². The number of fused-ring (bicyclic) bond motifs is 1. The lowest BCUT2D eigenvalue weighted by Crippen LogP contribution is -2.56. The van der Waals surface area contributed by atoms with E-state index in [4.69, 9.17) is 10.5 Å². The molecule has 4 atom stereocenters. The van der Waals surface area contributed by atoms with Crippen molar-refractivity contribution in [2.24, 2.45) is 11.7 Å².